The highest BCUT2D eigenvalue weighted by Gasteiger charge is 2.19. The summed E-state index contributed by atoms with van der Waals surface area (Å²) in [5.74, 6) is 0. The van der Waals surface area contributed by atoms with Gasteiger partial charge in [-0.1, -0.05) is 29.5 Å². The van der Waals surface area contributed by atoms with Gasteiger partial charge in [0, 0.05) is 18.8 Å². The molecule has 3 rings (SSSR count). The first kappa shape index (κ1) is 10.5. The van der Waals surface area contributed by atoms with E-state index in [0.29, 0.717) is 6.04 Å². The van der Waals surface area contributed by atoms with E-state index in [1.165, 1.54) is 11.1 Å². The van der Waals surface area contributed by atoms with E-state index in [0.717, 1.165) is 25.9 Å². The molecule has 1 aromatic carbocycles. The smallest absolute Gasteiger partial charge is 0.0692 e. The number of hydrogen-bond acceptors (Lipinski definition) is 3. The van der Waals surface area contributed by atoms with Gasteiger partial charge in [0.25, 0.3) is 0 Å². The van der Waals surface area contributed by atoms with E-state index in [1.54, 1.807) is 6.20 Å². The van der Waals surface area contributed by atoms with Gasteiger partial charge in [-0.2, -0.15) is 0 Å². The summed E-state index contributed by atoms with van der Waals surface area (Å²) in [6.45, 7) is 1.83. The number of nitrogens with one attached hydrogen (secondary N) is 1. The third-order valence-corrected chi connectivity index (χ3v) is 3.30. The normalized spacial score (nSPS) is 15.1. The fourth-order valence-electron chi connectivity index (χ4n) is 2.44. The Bertz CT molecular complexity index is 453. The van der Waals surface area contributed by atoms with Crippen molar-refractivity contribution in [3.63, 3.8) is 0 Å². The number of nitrogens with zero attached hydrogens (tertiary/aromatic N) is 3. The van der Waals surface area contributed by atoms with E-state index in [9.17, 15) is 0 Å². The average molecular weight is 228 g/mol. The Morgan fingerprint density at radius 3 is 2.65 bits per heavy atom. The minimum absolute atomic E-state index is 0.580. The molecular weight excluding hydrogens is 212 g/mol. The first-order valence-corrected chi connectivity index (χ1v) is 6.06. The van der Waals surface area contributed by atoms with Crippen LogP contribution in [0.2, 0.25) is 0 Å². The SMILES string of the molecule is c1ccc2c(c1)CC(NCCn1ccnn1)C2. The summed E-state index contributed by atoms with van der Waals surface area (Å²) in [5, 5.41) is 11.3. The van der Waals surface area contributed by atoms with Gasteiger partial charge >= 0.3 is 0 Å². The third kappa shape index (κ3) is 2.36. The van der Waals surface area contributed by atoms with E-state index >= 15 is 0 Å². The maximum absolute atomic E-state index is 3.95. The topological polar surface area (TPSA) is 42.7 Å². The lowest BCUT2D eigenvalue weighted by Gasteiger charge is -2.11. The zero-order valence-corrected chi connectivity index (χ0v) is 9.71. The zero-order chi connectivity index (χ0) is 11.5. The molecule has 0 spiro atoms. The zero-order valence-electron chi connectivity index (χ0n) is 9.71. The van der Waals surface area contributed by atoms with E-state index < -0.39 is 0 Å². The first-order chi connectivity index (χ1) is 8.42. The molecule has 0 fully saturated rings. The molecule has 4 heteroatoms. The lowest BCUT2D eigenvalue weighted by Crippen LogP contribution is -2.32. The first-order valence-electron chi connectivity index (χ1n) is 6.06. The van der Waals surface area contributed by atoms with Crippen molar-refractivity contribution in [3.8, 4) is 0 Å². The summed E-state index contributed by atoms with van der Waals surface area (Å²) in [7, 11) is 0. The highest BCUT2D eigenvalue weighted by molar-refractivity contribution is 5.33. The number of aromatic nitrogens is 3. The monoisotopic (exact) mass is 228 g/mol. The van der Waals surface area contributed by atoms with Crippen molar-refractivity contribution in [2.24, 2.45) is 0 Å². The van der Waals surface area contributed by atoms with Crippen LogP contribution in [-0.2, 0) is 19.4 Å². The molecule has 4 nitrogen and oxygen atoms in total. The highest BCUT2D eigenvalue weighted by Crippen LogP contribution is 2.21. The van der Waals surface area contributed by atoms with Crippen molar-refractivity contribution in [1.29, 1.82) is 0 Å². The van der Waals surface area contributed by atoms with Crippen LogP contribution >= 0.6 is 0 Å². The quantitative estimate of drug-likeness (QED) is 0.850. The summed E-state index contributed by atoms with van der Waals surface area (Å²) in [6, 6.07) is 9.28. The fraction of sp³-hybridized carbons (Fsp3) is 0.385. The van der Waals surface area contributed by atoms with Crippen molar-refractivity contribution < 1.29 is 0 Å². The molecule has 0 radical (unpaired) electrons. The molecule has 2 aromatic rings. The number of benzene rings is 1. The van der Waals surface area contributed by atoms with Crippen molar-refractivity contribution in [3.05, 3.63) is 47.8 Å². The van der Waals surface area contributed by atoms with E-state index in [1.807, 2.05) is 10.9 Å². The van der Waals surface area contributed by atoms with Gasteiger partial charge in [-0.15, -0.1) is 5.10 Å². The third-order valence-electron chi connectivity index (χ3n) is 3.30. The molecule has 0 bridgehead atoms. The van der Waals surface area contributed by atoms with Crippen molar-refractivity contribution in [2.75, 3.05) is 6.54 Å². The number of fused-ring (bicyclic) bond motifs is 1. The maximum atomic E-state index is 3.95. The Morgan fingerprint density at radius 1 is 1.24 bits per heavy atom. The van der Waals surface area contributed by atoms with Crippen LogP contribution in [-0.4, -0.2) is 27.6 Å². The largest absolute Gasteiger partial charge is 0.311 e. The molecule has 0 saturated carbocycles. The molecule has 17 heavy (non-hydrogen) atoms. The molecule has 88 valence electrons. The van der Waals surface area contributed by atoms with Crippen LogP contribution in [0.4, 0.5) is 0 Å². The van der Waals surface area contributed by atoms with Crippen LogP contribution in [0.3, 0.4) is 0 Å². The summed E-state index contributed by atoms with van der Waals surface area (Å²) in [4.78, 5) is 0. The predicted octanol–water partition coefficient (Wildman–Crippen LogP) is 1.04. The second-order valence-electron chi connectivity index (χ2n) is 4.49. The maximum Gasteiger partial charge on any atom is 0.0692 e. The molecule has 1 aliphatic carbocycles. The van der Waals surface area contributed by atoms with Gasteiger partial charge in [-0.05, 0) is 24.0 Å². The van der Waals surface area contributed by atoms with Gasteiger partial charge in [-0.25, -0.2) is 0 Å². The van der Waals surface area contributed by atoms with Gasteiger partial charge in [0.15, 0.2) is 0 Å². The number of rotatable bonds is 4. The Hall–Kier alpha value is -1.68. The van der Waals surface area contributed by atoms with E-state index in [2.05, 4.69) is 39.9 Å². The fourth-order valence-corrected chi connectivity index (χ4v) is 2.44. The summed E-state index contributed by atoms with van der Waals surface area (Å²) in [6.07, 6.45) is 5.90. The lowest BCUT2D eigenvalue weighted by molar-refractivity contribution is 0.480. The molecule has 1 N–H and O–H groups in total. The molecule has 0 amide bonds. The van der Waals surface area contributed by atoms with Crippen molar-refractivity contribution >= 4 is 0 Å². The molecule has 0 atom stereocenters. The van der Waals surface area contributed by atoms with Crippen LogP contribution < -0.4 is 5.32 Å². The summed E-state index contributed by atoms with van der Waals surface area (Å²) >= 11 is 0. The van der Waals surface area contributed by atoms with Gasteiger partial charge in [0.1, 0.15) is 0 Å². The summed E-state index contributed by atoms with van der Waals surface area (Å²) in [5.41, 5.74) is 2.98. The Labute approximate surface area is 101 Å². The molecule has 1 heterocycles. The van der Waals surface area contributed by atoms with Crippen LogP contribution in [0.15, 0.2) is 36.7 Å². The summed E-state index contributed by atoms with van der Waals surface area (Å²) < 4.78 is 1.86. The Kier molecular flexibility index (Phi) is 2.88. The molecule has 0 unspecified atom stereocenters. The Balaban J connectivity index is 1.49. The second kappa shape index (κ2) is 4.67. The highest BCUT2D eigenvalue weighted by atomic mass is 15.4. The van der Waals surface area contributed by atoms with E-state index in [-0.39, 0.29) is 0 Å². The molecule has 1 aliphatic rings. The van der Waals surface area contributed by atoms with Crippen LogP contribution in [0.25, 0.3) is 0 Å². The average Bonchev–Trinajstić information content (AvgIpc) is 2.96. The van der Waals surface area contributed by atoms with Crippen LogP contribution in [0.1, 0.15) is 11.1 Å². The van der Waals surface area contributed by atoms with E-state index in [4.69, 9.17) is 0 Å². The lowest BCUT2D eigenvalue weighted by atomic mass is 10.1. The molecular formula is C13H16N4. The minimum atomic E-state index is 0.580. The van der Waals surface area contributed by atoms with Gasteiger partial charge in [0.05, 0.1) is 12.7 Å². The van der Waals surface area contributed by atoms with Crippen LogP contribution in [0.5, 0.6) is 0 Å². The molecule has 0 saturated heterocycles. The molecule has 1 aromatic heterocycles. The minimum Gasteiger partial charge on any atom is -0.311 e. The Morgan fingerprint density at radius 2 is 2.00 bits per heavy atom. The predicted molar refractivity (Wildman–Crippen MR) is 65.7 cm³/mol. The molecule has 0 aliphatic heterocycles. The van der Waals surface area contributed by atoms with Gasteiger partial charge in [-0.3, -0.25) is 4.68 Å². The van der Waals surface area contributed by atoms with Gasteiger partial charge in [0.2, 0.25) is 0 Å². The van der Waals surface area contributed by atoms with Gasteiger partial charge < -0.3 is 5.32 Å². The van der Waals surface area contributed by atoms with Crippen LogP contribution in [0, 0.1) is 0 Å². The number of hydrogen-bond donors (Lipinski definition) is 1. The van der Waals surface area contributed by atoms with Crippen molar-refractivity contribution in [1.82, 2.24) is 20.3 Å². The van der Waals surface area contributed by atoms with Crippen molar-refractivity contribution in [2.45, 2.75) is 25.4 Å². The standard InChI is InChI=1S/C13H16N4/c1-2-4-12-10-13(9-11(12)3-1)14-5-7-17-8-6-15-16-17/h1-4,6,8,13-14H,5,7,9-10H2. The second-order valence-corrected chi connectivity index (χ2v) is 4.49.